The number of aromatic nitrogens is 2. The van der Waals surface area contributed by atoms with Crippen LogP contribution in [0.2, 0.25) is 0 Å². The van der Waals surface area contributed by atoms with Gasteiger partial charge in [-0.05, 0) is 18.2 Å². The van der Waals surface area contributed by atoms with E-state index in [4.69, 9.17) is 4.52 Å². The third-order valence-electron chi connectivity index (χ3n) is 1.83. The van der Waals surface area contributed by atoms with Crippen LogP contribution in [-0.4, -0.2) is 21.5 Å². The van der Waals surface area contributed by atoms with Crippen LogP contribution in [0.1, 0.15) is 5.82 Å². The van der Waals surface area contributed by atoms with Gasteiger partial charge >= 0.3 is 0 Å². The van der Waals surface area contributed by atoms with Crippen molar-refractivity contribution in [2.45, 2.75) is 6.42 Å². The van der Waals surface area contributed by atoms with Crippen LogP contribution in [-0.2, 0) is 11.2 Å². The zero-order chi connectivity index (χ0) is 10.7. The maximum atomic E-state index is 10.2. The number of nitrogens with zero attached hydrogens (tertiary/aromatic N) is 2. The number of aldehydes is 1. The van der Waals surface area contributed by atoms with Gasteiger partial charge in [-0.2, -0.15) is 4.98 Å². The second kappa shape index (κ2) is 3.91. The third kappa shape index (κ3) is 2.01. The molecule has 1 aromatic carbocycles. The van der Waals surface area contributed by atoms with Gasteiger partial charge in [-0.1, -0.05) is 11.2 Å². The summed E-state index contributed by atoms with van der Waals surface area (Å²) in [4.78, 5) is 14.2. The van der Waals surface area contributed by atoms with Crippen molar-refractivity contribution < 1.29 is 14.4 Å². The summed E-state index contributed by atoms with van der Waals surface area (Å²) < 4.78 is 4.93. The van der Waals surface area contributed by atoms with Gasteiger partial charge in [-0.15, -0.1) is 0 Å². The van der Waals surface area contributed by atoms with E-state index in [1.54, 1.807) is 18.2 Å². The summed E-state index contributed by atoms with van der Waals surface area (Å²) in [6, 6.07) is 6.47. The fraction of sp³-hybridized carbons (Fsp3) is 0.100. The first-order valence-electron chi connectivity index (χ1n) is 4.35. The summed E-state index contributed by atoms with van der Waals surface area (Å²) in [7, 11) is 0. The molecule has 0 saturated heterocycles. The lowest BCUT2D eigenvalue weighted by Gasteiger charge is -1.93. The Morgan fingerprint density at radius 1 is 1.47 bits per heavy atom. The lowest BCUT2D eigenvalue weighted by molar-refractivity contribution is -0.107. The van der Waals surface area contributed by atoms with Crippen LogP contribution in [0.5, 0.6) is 5.75 Å². The number of carbonyl (C=O) groups is 1. The molecule has 0 aliphatic heterocycles. The van der Waals surface area contributed by atoms with Crippen LogP contribution in [0.3, 0.4) is 0 Å². The van der Waals surface area contributed by atoms with Gasteiger partial charge < -0.3 is 14.4 Å². The Kier molecular flexibility index (Phi) is 2.45. The van der Waals surface area contributed by atoms with Crippen LogP contribution in [0.15, 0.2) is 28.8 Å². The highest BCUT2D eigenvalue weighted by atomic mass is 16.5. The van der Waals surface area contributed by atoms with Crippen LogP contribution < -0.4 is 0 Å². The molecule has 0 bridgehead atoms. The minimum absolute atomic E-state index is 0.127. The number of phenols is 1. The molecule has 1 N–H and O–H groups in total. The molecule has 5 heteroatoms. The van der Waals surface area contributed by atoms with Crippen molar-refractivity contribution in [1.82, 2.24) is 10.1 Å². The summed E-state index contributed by atoms with van der Waals surface area (Å²) >= 11 is 0. The fourth-order valence-corrected chi connectivity index (χ4v) is 1.17. The SMILES string of the molecule is O=CCc1noc(-c2cccc(O)c2)n1. The van der Waals surface area contributed by atoms with Gasteiger partial charge in [0.25, 0.3) is 5.89 Å². The summed E-state index contributed by atoms with van der Waals surface area (Å²) in [6.07, 6.45) is 0.833. The number of benzene rings is 1. The molecule has 0 radical (unpaired) electrons. The molecule has 1 aromatic heterocycles. The Labute approximate surface area is 85.4 Å². The van der Waals surface area contributed by atoms with Gasteiger partial charge in [0.15, 0.2) is 5.82 Å². The van der Waals surface area contributed by atoms with E-state index in [0.29, 0.717) is 23.6 Å². The highest BCUT2D eigenvalue weighted by Crippen LogP contribution is 2.21. The van der Waals surface area contributed by atoms with Gasteiger partial charge in [-0.25, -0.2) is 0 Å². The van der Waals surface area contributed by atoms with Crippen molar-refractivity contribution in [2.75, 3.05) is 0 Å². The number of rotatable bonds is 3. The molecular weight excluding hydrogens is 196 g/mol. The molecule has 76 valence electrons. The van der Waals surface area contributed by atoms with Gasteiger partial charge in [0.1, 0.15) is 12.0 Å². The van der Waals surface area contributed by atoms with Crippen LogP contribution >= 0.6 is 0 Å². The normalized spacial score (nSPS) is 10.1. The maximum absolute atomic E-state index is 10.2. The van der Waals surface area contributed by atoms with E-state index in [1.807, 2.05) is 0 Å². The fourth-order valence-electron chi connectivity index (χ4n) is 1.17. The summed E-state index contributed by atoms with van der Waals surface area (Å²) in [6.45, 7) is 0. The predicted octanol–water partition coefficient (Wildman–Crippen LogP) is 1.18. The van der Waals surface area contributed by atoms with E-state index in [0.717, 1.165) is 0 Å². The average molecular weight is 204 g/mol. The van der Waals surface area contributed by atoms with E-state index in [-0.39, 0.29) is 12.2 Å². The number of hydrogen-bond donors (Lipinski definition) is 1. The molecule has 0 unspecified atom stereocenters. The molecule has 5 nitrogen and oxygen atoms in total. The predicted molar refractivity (Wildman–Crippen MR) is 51.2 cm³/mol. The standard InChI is InChI=1S/C10H8N2O3/c13-5-4-9-11-10(15-12-9)7-2-1-3-8(14)6-7/h1-3,5-6,14H,4H2. The summed E-state index contributed by atoms with van der Waals surface area (Å²) in [5, 5.41) is 12.9. The topological polar surface area (TPSA) is 76.2 Å². The van der Waals surface area contributed by atoms with Crippen LogP contribution in [0.4, 0.5) is 0 Å². The Bertz CT molecular complexity index is 479. The van der Waals surface area contributed by atoms with E-state index in [1.165, 1.54) is 6.07 Å². The average Bonchev–Trinajstić information content (AvgIpc) is 2.67. The molecule has 0 saturated carbocycles. The monoisotopic (exact) mass is 204 g/mol. The zero-order valence-corrected chi connectivity index (χ0v) is 7.75. The Hall–Kier alpha value is -2.17. The largest absolute Gasteiger partial charge is 0.508 e. The third-order valence-corrected chi connectivity index (χ3v) is 1.83. The van der Waals surface area contributed by atoms with E-state index in [2.05, 4.69) is 10.1 Å². The summed E-state index contributed by atoms with van der Waals surface area (Å²) in [5.41, 5.74) is 0.625. The number of hydrogen-bond acceptors (Lipinski definition) is 5. The lowest BCUT2D eigenvalue weighted by atomic mass is 10.2. The molecule has 0 fully saturated rings. The second-order valence-corrected chi connectivity index (χ2v) is 2.94. The minimum Gasteiger partial charge on any atom is -0.508 e. The molecule has 0 spiro atoms. The molecule has 0 aliphatic carbocycles. The van der Waals surface area contributed by atoms with E-state index in [9.17, 15) is 9.90 Å². The number of carbonyl (C=O) groups excluding carboxylic acids is 1. The van der Waals surface area contributed by atoms with Crippen molar-refractivity contribution in [1.29, 1.82) is 0 Å². The van der Waals surface area contributed by atoms with Crippen molar-refractivity contribution in [2.24, 2.45) is 0 Å². The lowest BCUT2D eigenvalue weighted by Crippen LogP contribution is -1.87. The number of phenolic OH excluding ortho intramolecular Hbond substituents is 1. The minimum atomic E-state index is 0.127. The van der Waals surface area contributed by atoms with Gasteiger partial charge in [0.05, 0.1) is 6.42 Å². The Morgan fingerprint density at radius 2 is 2.33 bits per heavy atom. The van der Waals surface area contributed by atoms with Crippen molar-refractivity contribution >= 4 is 6.29 Å². The molecule has 0 atom stereocenters. The van der Waals surface area contributed by atoms with Crippen molar-refractivity contribution in [3.8, 4) is 17.2 Å². The Morgan fingerprint density at radius 3 is 3.07 bits per heavy atom. The molecule has 15 heavy (non-hydrogen) atoms. The smallest absolute Gasteiger partial charge is 0.258 e. The van der Waals surface area contributed by atoms with Gasteiger partial charge in [0, 0.05) is 5.56 Å². The van der Waals surface area contributed by atoms with E-state index < -0.39 is 0 Å². The van der Waals surface area contributed by atoms with Crippen LogP contribution in [0, 0.1) is 0 Å². The van der Waals surface area contributed by atoms with Gasteiger partial charge in [-0.3, -0.25) is 0 Å². The first-order chi connectivity index (χ1) is 7.29. The zero-order valence-electron chi connectivity index (χ0n) is 7.75. The first kappa shape index (κ1) is 9.39. The first-order valence-corrected chi connectivity index (χ1v) is 4.35. The molecule has 1 heterocycles. The molecule has 2 rings (SSSR count). The second-order valence-electron chi connectivity index (χ2n) is 2.94. The number of aromatic hydroxyl groups is 1. The maximum Gasteiger partial charge on any atom is 0.258 e. The van der Waals surface area contributed by atoms with Crippen molar-refractivity contribution in [3.05, 3.63) is 30.1 Å². The van der Waals surface area contributed by atoms with Gasteiger partial charge in [0.2, 0.25) is 0 Å². The Balaban J connectivity index is 2.32. The highest BCUT2D eigenvalue weighted by molar-refractivity contribution is 5.57. The van der Waals surface area contributed by atoms with Crippen molar-refractivity contribution in [3.63, 3.8) is 0 Å². The quantitative estimate of drug-likeness (QED) is 0.760. The van der Waals surface area contributed by atoms with E-state index >= 15 is 0 Å². The molecule has 0 aliphatic rings. The molecular formula is C10H8N2O3. The highest BCUT2D eigenvalue weighted by Gasteiger charge is 2.08. The van der Waals surface area contributed by atoms with Crippen LogP contribution in [0.25, 0.3) is 11.5 Å². The molecule has 0 amide bonds. The molecule has 2 aromatic rings. The summed E-state index contributed by atoms with van der Waals surface area (Å²) in [5.74, 6) is 0.758.